The van der Waals surface area contributed by atoms with Gasteiger partial charge in [-0.25, -0.2) is 4.68 Å². The number of ether oxygens (including phenoxy) is 1. The number of tetrazole rings is 1. The number of hydrogen-bond acceptors (Lipinski definition) is 7. The van der Waals surface area contributed by atoms with Gasteiger partial charge in [-0.2, -0.15) is 0 Å². The normalized spacial score (nSPS) is 12.2. The fraction of sp³-hybridized carbons (Fsp3) is 0.423. The van der Waals surface area contributed by atoms with Crippen molar-refractivity contribution in [3.63, 3.8) is 0 Å². The van der Waals surface area contributed by atoms with Gasteiger partial charge in [0.1, 0.15) is 6.04 Å². The largest absolute Gasteiger partial charge is 0.374 e. The third-order valence-corrected chi connectivity index (χ3v) is 5.52. The van der Waals surface area contributed by atoms with Crippen LogP contribution in [0.4, 0.5) is 0 Å². The molecule has 0 radical (unpaired) electrons. The first-order valence-electron chi connectivity index (χ1n) is 12.1. The van der Waals surface area contributed by atoms with E-state index in [1.807, 2.05) is 48.5 Å². The highest BCUT2D eigenvalue weighted by Crippen LogP contribution is 2.13. The molecular weight excluding hydrogens is 458 g/mol. The van der Waals surface area contributed by atoms with Crippen LogP contribution in [0.25, 0.3) is 0 Å². The van der Waals surface area contributed by atoms with Gasteiger partial charge in [-0.3, -0.25) is 9.59 Å². The molecule has 0 fully saturated rings. The molecule has 0 unspecified atom stereocenters. The Morgan fingerprint density at radius 2 is 1.72 bits per heavy atom. The Balaban J connectivity index is 1.53. The molecule has 1 atom stereocenters. The number of hydrogen-bond donors (Lipinski definition) is 3. The van der Waals surface area contributed by atoms with Crippen LogP contribution < -0.4 is 16.4 Å². The lowest BCUT2D eigenvalue weighted by Gasteiger charge is -2.23. The first-order valence-corrected chi connectivity index (χ1v) is 12.1. The van der Waals surface area contributed by atoms with Gasteiger partial charge >= 0.3 is 0 Å². The Hall–Kier alpha value is -3.63. The van der Waals surface area contributed by atoms with E-state index in [9.17, 15) is 9.59 Å². The topological polar surface area (TPSA) is 137 Å². The molecule has 1 aromatic heterocycles. The van der Waals surface area contributed by atoms with E-state index in [0.717, 1.165) is 18.4 Å². The van der Waals surface area contributed by atoms with Crippen LogP contribution in [0.5, 0.6) is 0 Å². The predicted molar refractivity (Wildman–Crippen MR) is 135 cm³/mol. The van der Waals surface area contributed by atoms with Crippen LogP contribution in [-0.2, 0) is 33.9 Å². The van der Waals surface area contributed by atoms with E-state index < -0.39 is 11.6 Å². The van der Waals surface area contributed by atoms with Crippen LogP contribution in [0, 0.1) is 0 Å². The number of nitrogens with one attached hydrogen (secondary N) is 2. The molecule has 3 rings (SSSR count). The zero-order valence-corrected chi connectivity index (χ0v) is 20.9. The molecule has 0 saturated heterocycles. The van der Waals surface area contributed by atoms with Crippen LogP contribution in [0.15, 0.2) is 60.7 Å². The lowest BCUT2D eigenvalue weighted by atomic mass is 10.1. The molecule has 0 aliphatic carbocycles. The number of nitrogens with two attached hydrogens (primary N) is 1. The van der Waals surface area contributed by atoms with Gasteiger partial charge in [-0.1, -0.05) is 60.7 Å². The fourth-order valence-corrected chi connectivity index (χ4v) is 3.48. The maximum Gasteiger partial charge on any atom is 0.240 e. The van der Waals surface area contributed by atoms with Crippen molar-refractivity contribution in [2.45, 2.75) is 57.8 Å². The highest BCUT2D eigenvalue weighted by Gasteiger charge is 2.28. The number of aryl methyl sites for hydroxylation is 2. The number of benzene rings is 2. The van der Waals surface area contributed by atoms with Crippen LogP contribution in [0.1, 0.15) is 49.7 Å². The number of aromatic nitrogens is 4. The Labute approximate surface area is 211 Å². The van der Waals surface area contributed by atoms with E-state index in [0.29, 0.717) is 19.0 Å². The Morgan fingerprint density at radius 3 is 2.39 bits per heavy atom. The van der Waals surface area contributed by atoms with Crippen molar-refractivity contribution in [3.05, 3.63) is 77.6 Å². The second kappa shape index (κ2) is 13.5. The third kappa shape index (κ3) is 8.86. The van der Waals surface area contributed by atoms with E-state index in [1.54, 1.807) is 13.8 Å². The van der Waals surface area contributed by atoms with Crippen molar-refractivity contribution in [2.24, 2.45) is 5.73 Å². The van der Waals surface area contributed by atoms with Crippen molar-refractivity contribution in [3.8, 4) is 0 Å². The lowest BCUT2D eigenvalue weighted by Crippen LogP contribution is -2.51. The Bertz CT molecular complexity index is 1080. The molecule has 36 heavy (non-hydrogen) atoms. The van der Waals surface area contributed by atoms with Crippen molar-refractivity contribution < 1.29 is 14.3 Å². The van der Waals surface area contributed by atoms with Gasteiger partial charge in [0.2, 0.25) is 11.8 Å². The van der Waals surface area contributed by atoms with E-state index in [4.69, 9.17) is 10.5 Å². The molecule has 2 amide bonds. The summed E-state index contributed by atoms with van der Waals surface area (Å²) < 4.78 is 7.38. The molecule has 10 heteroatoms. The summed E-state index contributed by atoms with van der Waals surface area (Å²) in [7, 11) is 0. The molecule has 1 heterocycles. The van der Waals surface area contributed by atoms with Crippen LogP contribution >= 0.6 is 0 Å². The second-order valence-electron chi connectivity index (χ2n) is 9.20. The molecule has 0 spiro atoms. The van der Waals surface area contributed by atoms with Crippen LogP contribution in [0.3, 0.4) is 0 Å². The average Bonchev–Trinajstić information content (AvgIpc) is 3.34. The Kier molecular flexibility index (Phi) is 10.1. The Morgan fingerprint density at radius 1 is 1.06 bits per heavy atom. The molecular formula is C26H35N7O3. The predicted octanol–water partition coefficient (Wildman–Crippen LogP) is 1.92. The van der Waals surface area contributed by atoms with E-state index in [-0.39, 0.29) is 31.4 Å². The van der Waals surface area contributed by atoms with E-state index in [2.05, 4.69) is 38.3 Å². The van der Waals surface area contributed by atoms with Gasteiger partial charge < -0.3 is 21.1 Å². The molecule has 192 valence electrons. The van der Waals surface area contributed by atoms with Gasteiger partial charge in [-0.05, 0) is 48.2 Å². The van der Waals surface area contributed by atoms with E-state index >= 15 is 0 Å². The first kappa shape index (κ1) is 27.0. The summed E-state index contributed by atoms with van der Waals surface area (Å²) in [6.07, 6.45) is 1.96. The maximum absolute atomic E-state index is 12.6. The number of carbonyl (C=O) groups excluding carboxylic acids is 2. The van der Waals surface area contributed by atoms with Gasteiger partial charge in [0.15, 0.2) is 5.82 Å². The number of nitrogens with zero attached hydrogens (tertiary/aromatic N) is 4. The molecule has 3 aromatic rings. The molecule has 0 bridgehead atoms. The second-order valence-corrected chi connectivity index (χ2v) is 9.20. The first-order chi connectivity index (χ1) is 17.3. The number of amides is 2. The minimum atomic E-state index is -1.09. The summed E-state index contributed by atoms with van der Waals surface area (Å²) in [5.41, 5.74) is 7.13. The van der Waals surface area contributed by atoms with Gasteiger partial charge in [0, 0.05) is 13.0 Å². The van der Waals surface area contributed by atoms with Gasteiger partial charge in [-0.15, -0.1) is 5.10 Å². The SMILES string of the molecule is CC(C)(N)C(=O)N[C@H](COCc1ccccc1)c1nnnn1CCC(=O)NCCCc1ccccc1. The van der Waals surface area contributed by atoms with Crippen LogP contribution in [-0.4, -0.2) is 50.7 Å². The summed E-state index contributed by atoms with van der Waals surface area (Å²) >= 11 is 0. The minimum Gasteiger partial charge on any atom is -0.374 e. The molecule has 0 aliphatic heterocycles. The zero-order chi connectivity index (χ0) is 25.8. The van der Waals surface area contributed by atoms with Gasteiger partial charge in [0.05, 0.1) is 25.3 Å². The smallest absolute Gasteiger partial charge is 0.240 e. The minimum absolute atomic E-state index is 0.0893. The zero-order valence-electron chi connectivity index (χ0n) is 20.9. The summed E-state index contributed by atoms with van der Waals surface area (Å²) in [6, 6.07) is 19.2. The fourth-order valence-electron chi connectivity index (χ4n) is 3.48. The standard InChI is InChI=1S/C26H35N7O3/c1-26(2,27)25(35)29-22(19-36-18-21-12-7-4-8-13-21)24-30-31-32-33(24)17-15-23(34)28-16-9-14-20-10-5-3-6-11-20/h3-8,10-13,22H,9,14-19,27H2,1-2H3,(H,28,34)(H,29,35)/t22-/m1/s1. The van der Waals surface area contributed by atoms with Crippen molar-refractivity contribution in [1.82, 2.24) is 30.8 Å². The molecule has 4 N–H and O–H groups in total. The summed E-state index contributed by atoms with van der Waals surface area (Å²) in [5, 5.41) is 17.7. The summed E-state index contributed by atoms with van der Waals surface area (Å²) in [5.74, 6) is -0.0485. The molecule has 0 saturated carbocycles. The highest BCUT2D eigenvalue weighted by atomic mass is 16.5. The monoisotopic (exact) mass is 493 g/mol. The van der Waals surface area contributed by atoms with Crippen molar-refractivity contribution in [2.75, 3.05) is 13.2 Å². The molecule has 10 nitrogen and oxygen atoms in total. The molecule has 0 aliphatic rings. The van der Waals surface area contributed by atoms with E-state index in [1.165, 1.54) is 10.2 Å². The quantitative estimate of drug-likeness (QED) is 0.292. The highest BCUT2D eigenvalue weighted by molar-refractivity contribution is 5.85. The van der Waals surface area contributed by atoms with Crippen molar-refractivity contribution in [1.29, 1.82) is 0 Å². The van der Waals surface area contributed by atoms with Crippen LogP contribution in [0.2, 0.25) is 0 Å². The van der Waals surface area contributed by atoms with Gasteiger partial charge in [0.25, 0.3) is 0 Å². The summed E-state index contributed by atoms with van der Waals surface area (Å²) in [4.78, 5) is 25.0. The number of carbonyl (C=O) groups is 2. The third-order valence-electron chi connectivity index (χ3n) is 5.52. The molecule has 2 aromatic carbocycles. The van der Waals surface area contributed by atoms with Crippen molar-refractivity contribution >= 4 is 11.8 Å². The maximum atomic E-state index is 12.6. The average molecular weight is 494 g/mol. The summed E-state index contributed by atoms with van der Waals surface area (Å²) in [6.45, 7) is 4.61. The number of rotatable bonds is 14. The lowest BCUT2D eigenvalue weighted by molar-refractivity contribution is -0.126.